The molecule has 3 aromatic rings. The zero-order valence-electron chi connectivity index (χ0n) is 15.3. The number of carbonyl (C=O) groups excluding carboxylic acids is 2. The van der Waals surface area contributed by atoms with E-state index in [0.29, 0.717) is 12.1 Å². The summed E-state index contributed by atoms with van der Waals surface area (Å²) >= 11 is 0. The average molecular weight is 360 g/mol. The predicted octanol–water partition coefficient (Wildman–Crippen LogP) is 3.81. The molecule has 5 nitrogen and oxygen atoms in total. The Hall–Kier alpha value is -3.47. The minimum atomic E-state index is -0.478. The van der Waals surface area contributed by atoms with E-state index in [0.717, 1.165) is 16.7 Å². The third kappa shape index (κ3) is 4.39. The first-order valence-electron chi connectivity index (χ1n) is 8.52. The van der Waals surface area contributed by atoms with Gasteiger partial charge in [-0.15, -0.1) is 0 Å². The summed E-state index contributed by atoms with van der Waals surface area (Å²) in [5.74, 6) is -0.688. The molecule has 1 aromatic heterocycles. The van der Waals surface area contributed by atoms with Crippen molar-refractivity contribution in [1.82, 2.24) is 9.88 Å². The number of esters is 1. The second-order valence-electron chi connectivity index (χ2n) is 6.15. The maximum absolute atomic E-state index is 12.5. The van der Waals surface area contributed by atoms with Crippen LogP contribution in [0.15, 0.2) is 72.9 Å². The number of hydrogen-bond acceptors (Lipinski definition) is 4. The molecule has 0 N–H and O–H groups in total. The summed E-state index contributed by atoms with van der Waals surface area (Å²) in [5, 5.41) is 0. The molecule has 136 valence electrons. The molecule has 0 saturated carbocycles. The molecule has 0 unspecified atom stereocenters. The highest BCUT2D eigenvalue weighted by Gasteiger charge is 2.15. The molecular formula is C22H20N2O3. The van der Waals surface area contributed by atoms with Crippen molar-refractivity contribution in [3.8, 4) is 11.1 Å². The zero-order chi connectivity index (χ0) is 19.2. The molecule has 2 aromatic carbocycles. The van der Waals surface area contributed by atoms with Crippen LogP contribution in [0.3, 0.4) is 0 Å². The number of carbonyl (C=O) groups is 2. The number of amides is 1. The molecule has 0 saturated heterocycles. The molecule has 0 spiro atoms. The molecule has 5 heteroatoms. The molecular weight excluding hydrogens is 340 g/mol. The quantitative estimate of drug-likeness (QED) is 0.649. The van der Waals surface area contributed by atoms with Crippen LogP contribution in [0.5, 0.6) is 0 Å². The van der Waals surface area contributed by atoms with E-state index in [4.69, 9.17) is 0 Å². The third-order valence-electron chi connectivity index (χ3n) is 4.23. The normalized spacial score (nSPS) is 10.3. The van der Waals surface area contributed by atoms with Gasteiger partial charge in [0.25, 0.3) is 5.91 Å². The van der Waals surface area contributed by atoms with Crippen molar-refractivity contribution in [2.75, 3.05) is 14.2 Å². The van der Waals surface area contributed by atoms with Crippen LogP contribution >= 0.6 is 0 Å². The monoisotopic (exact) mass is 360 g/mol. The zero-order valence-corrected chi connectivity index (χ0v) is 15.3. The highest BCUT2D eigenvalue weighted by molar-refractivity contribution is 5.94. The summed E-state index contributed by atoms with van der Waals surface area (Å²) in [6.07, 6.45) is 1.35. The van der Waals surface area contributed by atoms with Gasteiger partial charge in [0.05, 0.1) is 12.7 Å². The van der Waals surface area contributed by atoms with Gasteiger partial charge in [0.1, 0.15) is 5.69 Å². The number of benzene rings is 2. The van der Waals surface area contributed by atoms with Gasteiger partial charge in [-0.1, -0.05) is 54.6 Å². The lowest BCUT2D eigenvalue weighted by atomic mass is 10.0. The Labute approximate surface area is 158 Å². The highest BCUT2D eigenvalue weighted by Crippen LogP contribution is 2.20. The van der Waals surface area contributed by atoms with E-state index in [9.17, 15) is 9.59 Å². The average Bonchev–Trinajstić information content (AvgIpc) is 2.74. The van der Waals surface area contributed by atoms with E-state index in [-0.39, 0.29) is 11.6 Å². The molecule has 0 atom stereocenters. The van der Waals surface area contributed by atoms with Crippen molar-refractivity contribution in [2.24, 2.45) is 0 Å². The Morgan fingerprint density at radius 1 is 0.926 bits per heavy atom. The fraction of sp³-hybridized carbons (Fsp3) is 0.136. The van der Waals surface area contributed by atoms with E-state index in [1.165, 1.54) is 25.4 Å². The van der Waals surface area contributed by atoms with Gasteiger partial charge in [0.15, 0.2) is 0 Å². The van der Waals surface area contributed by atoms with Gasteiger partial charge < -0.3 is 9.64 Å². The Balaban J connectivity index is 1.66. The standard InChI is InChI=1S/C22H20N2O3/c1-24(21(25)20-13-12-19(14-23-20)22(26)27-2)15-16-8-10-18(11-9-16)17-6-4-3-5-7-17/h3-14H,15H2,1-2H3. The first kappa shape index (κ1) is 18.3. The first-order chi connectivity index (χ1) is 13.1. The fourth-order valence-electron chi connectivity index (χ4n) is 2.73. The summed E-state index contributed by atoms with van der Waals surface area (Å²) in [6.45, 7) is 0.467. The van der Waals surface area contributed by atoms with E-state index >= 15 is 0 Å². The van der Waals surface area contributed by atoms with Crippen LogP contribution in [0, 0.1) is 0 Å². The van der Waals surface area contributed by atoms with E-state index in [1.54, 1.807) is 11.9 Å². The summed E-state index contributed by atoms with van der Waals surface area (Å²) in [6, 6.07) is 21.3. The van der Waals surface area contributed by atoms with Crippen molar-refractivity contribution in [3.63, 3.8) is 0 Å². The number of aromatic nitrogens is 1. The number of nitrogens with zero attached hydrogens (tertiary/aromatic N) is 2. The van der Waals surface area contributed by atoms with E-state index in [1.807, 2.05) is 42.5 Å². The Morgan fingerprint density at radius 3 is 2.19 bits per heavy atom. The van der Waals surface area contributed by atoms with Crippen molar-refractivity contribution in [1.29, 1.82) is 0 Å². The number of pyridine rings is 1. The van der Waals surface area contributed by atoms with Crippen molar-refractivity contribution >= 4 is 11.9 Å². The van der Waals surface area contributed by atoms with Gasteiger partial charge in [-0.25, -0.2) is 4.79 Å². The number of rotatable bonds is 5. The van der Waals surface area contributed by atoms with Crippen LogP contribution in [0.4, 0.5) is 0 Å². The van der Waals surface area contributed by atoms with Gasteiger partial charge >= 0.3 is 5.97 Å². The molecule has 0 radical (unpaired) electrons. The van der Waals surface area contributed by atoms with Crippen molar-refractivity contribution < 1.29 is 14.3 Å². The van der Waals surface area contributed by atoms with Crippen LogP contribution in [0.1, 0.15) is 26.4 Å². The van der Waals surface area contributed by atoms with Gasteiger partial charge in [0, 0.05) is 19.8 Å². The number of methoxy groups -OCH3 is 1. The maximum Gasteiger partial charge on any atom is 0.339 e. The molecule has 27 heavy (non-hydrogen) atoms. The third-order valence-corrected chi connectivity index (χ3v) is 4.23. The van der Waals surface area contributed by atoms with Crippen LogP contribution in [-0.2, 0) is 11.3 Å². The summed E-state index contributed by atoms with van der Waals surface area (Å²) < 4.78 is 4.63. The fourth-order valence-corrected chi connectivity index (χ4v) is 2.73. The minimum absolute atomic E-state index is 0.210. The lowest BCUT2D eigenvalue weighted by Gasteiger charge is -2.17. The van der Waals surface area contributed by atoms with Crippen LogP contribution in [0.2, 0.25) is 0 Å². The van der Waals surface area contributed by atoms with E-state index < -0.39 is 5.97 Å². The van der Waals surface area contributed by atoms with E-state index in [2.05, 4.69) is 21.9 Å². The molecule has 1 heterocycles. The lowest BCUT2D eigenvalue weighted by molar-refractivity contribution is 0.0599. The first-order valence-corrected chi connectivity index (χ1v) is 8.52. The van der Waals surface area contributed by atoms with Crippen LogP contribution in [0.25, 0.3) is 11.1 Å². The Morgan fingerprint density at radius 2 is 1.59 bits per heavy atom. The molecule has 0 aliphatic heterocycles. The van der Waals surface area contributed by atoms with Crippen LogP contribution < -0.4 is 0 Å². The number of hydrogen-bond donors (Lipinski definition) is 0. The summed E-state index contributed by atoms with van der Waals surface area (Å²) in [5.41, 5.74) is 3.91. The predicted molar refractivity (Wildman–Crippen MR) is 103 cm³/mol. The Bertz CT molecular complexity index is 920. The molecule has 1 amide bonds. The smallest absolute Gasteiger partial charge is 0.339 e. The minimum Gasteiger partial charge on any atom is -0.465 e. The molecule has 3 rings (SSSR count). The van der Waals surface area contributed by atoms with Gasteiger partial charge in [-0.2, -0.15) is 0 Å². The molecule has 0 fully saturated rings. The van der Waals surface area contributed by atoms with Crippen molar-refractivity contribution in [2.45, 2.75) is 6.54 Å². The molecule has 0 aliphatic rings. The van der Waals surface area contributed by atoms with Gasteiger partial charge in [0.2, 0.25) is 0 Å². The Kier molecular flexibility index (Phi) is 5.61. The molecule has 0 aliphatic carbocycles. The van der Waals surface area contributed by atoms with Gasteiger partial charge in [-0.3, -0.25) is 9.78 Å². The number of ether oxygens (including phenoxy) is 1. The van der Waals surface area contributed by atoms with Crippen LogP contribution in [-0.4, -0.2) is 35.9 Å². The topological polar surface area (TPSA) is 59.5 Å². The largest absolute Gasteiger partial charge is 0.465 e. The highest BCUT2D eigenvalue weighted by atomic mass is 16.5. The summed E-state index contributed by atoms with van der Waals surface area (Å²) in [4.78, 5) is 29.6. The maximum atomic E-state index is 12.5. The van der Waals surface area contributed by atoms with Gasteiger partial charge in [-0.05, 0) is 28.8 Å². The molecule has 0 bridgehead atoms. The summed E-state index contributed by atoms with van der Waals surface area (Å²) in [7, 11) is 3.03. The lowest BCUT2D eigenvalue weighted by Crippen LogP contribution is -2.27. The van der Waals surface area contributed by atoms with Crippen molar-refractivity contribution in [3.05, 3.63) is 89.7 Å². The second kappa shape index (κ2) is 8.27. The SMILES string of the molecule is COC(=O)c1ccc(C(=O)N(C)Cc2ccc(-c3ccccc3)cc2)nc1. The second-order valence-corrected chi connectivity index (χ2v) is 6.15.